The second-order valence-corrected chi connectivity index (χ2v) is 18.6. The van der Waals surface area contributed by atoms with Crippen molar-refractivity contribution in [2.45, 2.75) is 151 Å². The Balaban J connectivity index is 4.34. The molecule has 1 aromatic rings. The van der Waals surface area contributed by atoms with E-state index >= 15 is 0 Å². The van der Waals surface area contributed by atoms with E-state index in [1.807, 2.05) is 0 Å². The first-order valence-corrected chi connectivity index (χ1v) is 19.4. The van der Waals surface area contributed by atoms with E-state index in [9.17, 15) is 171 Å². The molecule has 0 saturated heterocycles. The van der Waals surface area contributed by atoms with Crippen LogP contribution in [0.3, 0.4) is 0 Å². The molecule has 71 heavy (non-hydrogen) atoms. The highest BCUT2D eigenvalue weighted by Gasteiger charge is 2.93. The Morgan fingerprint density at radius 2 is 0.535 bits per heavy atom. The molecule has 0 saturated carbocycles. The predicted molar refractivity (Wildman–Crippen MR) is 148 cm³/mol. The van der Waals surface area contributed by atoms with Gasteiger partial charge < -0.3 is 8.95 Å². The lowest BCUT2D eigenvalue weighted by Gasteiger charge is -2.42. The van der Waals surface area contributed by atoms with Crippen LogP contribution in [0.1, 0.15) is 25.0 Å². The zero-order valence-corrected chi connectivity index (χ0v) is 33.1. The van der Waals surface area contributed by atoms with Gasteiger partial charge in [0, 0.05) is 25.3 Å². The molecule has 0 aliphatic heterocycles. The first-order chi connectivity index (χ1) is 30.4. The van der Waals surface area contributed by atoms with Crippen LogP contribution in [0, 0.1) is 0 Å². The summed E-state index contributed by atoms with van der Waals surface area (Å²) in [5.41, 5.74) is 0. The summed E-state index contributed by atoms with van der Waals surface area (Å²) in [6, 6.07) is -10.2. The standard InChI is InChI=1S/C28H16F39NO2Si/c29-11(30,14(35,36)17(41,42)20(47,48)23(53,54)26(59,60)61)2-6-71(69-9-10-1-5-68-70-10,7-3-12(31,32)15(37,38)18(43,44)21(49,50)24(55,56)27(62,63)64)8-4-13(33,34)16(39,40)19(45,46)22(51,52)25(57,58)28(65,66)67/h1,5H,2-4,6-9H2. The maximum atomic E-state index is 14.9. The predicted octanol–water partition coefficient (Wildman–Crippen LogP) is 15.5. The van der Waals surface area contributed by atoms with E-state index in [4.69, 9.17) is 0 Å². The number of hydrogen-bond donors (Lipinski definition) is 0. The van der Waals surface area contributed by atoms with Gasteiger partial charge in [-0.05, 0) is 18.1 Å². The van der Waals surface area contributed by atoms with E-state index in [1.165, 1.54) is 0 Å². The van der Waals surface area contributed by atoms with Gasteiger partial charge in [0.15, 0.2) is 14.1 Å². The Morgan fingerprint density at radius 3 is 0.718 bits per heavy atom. The third-order valence-corrected chi connectivity index (χ3v) is 13.9. The highest BCUT2D eigenvalue weighted by atomic mass is 28.4. The minimum atomic E-state index is -8.91. The Hall–Kier alpha value is -3.34. The van der Waals surface area contributed by atoms with E-state index in [0.717, 1.165) is 0 Å². The number of alkyl halides is 39. The van der Waals surface area contributed by atoms with Crippen molar-refractivity contribution in [3.63, 3.8) is 0 Å². The summed E-state index contributed by atoms with van der Waals surface area (Å²) < 4.78 is 545. The first-order valence-electron chi connectivity index (χ1n) is 16.9. The van der Waals surface area contributed by atoms with Gasteiger partial charge in [-0.15, -0.1) is 0 Å². The highest BCUT2D eigenvalue weighted by Crippen LogP contribution is 2.65. The number of halogens is 39. The van der Waals surface area contributed by atoms with Gasteiger partial charge in [-0.25, -0.2) is 0 Å². The lowest BCUT2D eigenvalue weighted by atomic mass is 9.93. The largest absolute Gasteiger partial charge is 0.460 e. The SMILES string of the molecule is FC(F)(F)C(F)(F)C(F)(F)C(F)(F)C(F)(F)C(F)(F)CC[Si](CCC(F)(F)C(F)(F)C(F)(F)C(F)(F)C(F)(F)C(F)(F)F)(CCC(F)(F)C(F)(F)C(F)(F)C(F)(F)C(F)(F)C(F)(F)F)OCc1ccno1. The third-order valence-electron chi connectivity index (χ3n) is 9.69. The van der Waals surface area contributed by atoms with Gasteiger partial charge in [0.05, 0.1) is 12.8 Å². The highest BCUT2D eigenvalue weighted by molar-refractivity contribution is 6.73. The fraction of sp³-hybridized carbons (Fsp3) is 0.893. The molecule has 0 unspecified atom stereocenters. The van der Waals surface area contributed by atoms with Crippen LogP contribution >= 0.6 is 0 Å². The van der Waals surface area contributed by atoms with Gasteiger partial charge in [0.1, 0.15) is 0 Å². The molecule has 0 aromatic carbocycles. The lowest BCUT2D eigenvalue weighted by Crippen LogP contribution is -2.70. The van der Waals surface area contributed by atoms with Crippen molar-refractivity contribution >= 4 is 8.32 Å². The molecule has 3 nitrogen and oxygen atoms in total. The topological polar surface area (TPSA) is 35.3 Å². The van der Waals surface area contributed by atoms with Gasteiger partial charge in [0.2, 0.25) is 0 Å². The molecule has 0 N–H and O–H groups in total. The second-order valence-electron chi connectivity index (χ2n) is 14.4. The van der Waals surface area contributed by atoms with Crippen molar-refractivity contribution < 1.29 is 180 Å². The smallest absolute Gasteiger partial charge is 0.409 e. The summed E-state index contributed by atoms with van der Waals surface area (Å²) in [6.07, 6.45) is -36.7. The lowest BCUT2D eigenvalue weighted by molar-refractivity contribution is -0.440. The second kappa shape index (κ2) is 18.2. The number of nitrogens with zero attached hydrogens (tertiary/aromatic N) is 1. The molecular formula is C28H16F39NO2Si. The van der Waals surface area contributed by atoms with Crippen LogP contribution in [-0.4, -0.2) is 121 Å². The molecule has 1 rings (SSSR count). The molecule has 0 atom stereocenters. The van der Waals surface area contributed by atoms with Crippen molar-refractivity contribution in [3.05, 3.63) is 18.0 Å². The van der Waals surface area contributed by atoms with Crippen molar-refractivity contribution in [3.8, 4) is 0 Å². The van der Waals surface area contributed by atoms with Crippen LogP contribution in [0.2, 0.25) is 18.1 Å². The van der Waals surface area contributed by atoms with Gasteiger partial charge in [-0.3, -0.25) is 0 Å². The average molecular weight is 1170 g/mol. The molecule has 0 amide bonds. The van der Waals surface area contributed by atoms with Gasteiger partial charge in [0.25, 0.3) is 0 Å². The summed E-state index contributed by atoms with van der Waals surface area (Å²) in [6.45, 7) is -2.29. The minimum absolute atomic E-state index is 0.184. The monoisotopic (exact) mass is 1170 g/mol. The third kappa shape index (κ3) is 10.2. The van der Waals surface area contributed by atoms with Crippen LogP contribution in [-0.2, 0) is 11.0 Å². The Kier molecular flexibility index (Phi) is 16.8. The van der Waals surface area contributed by atoms with Crippen LogP contribution in [0.5, 0.6) is 0 Å². The van der Waals surface area contributed by atoms with E-state index in [-0.39, 0.29) is 12.3 Å². The van der Waals surface area contributed by atoms with E-state index in [0.29, 0.717) is 0 Å². The summed E-state index contributed by atoms with van der Waals surface area (Å²) in [7, 11) is -7.34. The van der Waals surface area contributed by atoms with Gasteiger partial charge >= 0.3 is 107 Å². The molecule has 0 bridgehead atoms. The average Bonchev–Trinajstić information content (AvgIpc) is 3.69. The van der Waals surface area contributed by atoms with Crippen LogP contribution < -0.4 is 0 Å². The van der Waals surface area contributed by atoms with Crippen molar-refractivity contribution in [1.29, 1.82) is 0 Å². The summed E-state index contributed by atoms with van der Waals surface area (Å²) in [4.78, 5) is 0. The quantitative estimate of drug-likeness (QED) is 0.0764. The maximum Gasteiger partial charge on any atom is 0.460 e. The van der Waals surface area contributed by atoms with Crippen LogP contribution in [0.25, 0.3) is 0 Å². The number of hydrogen-bond acceptors (Lipinski definition) is 3. The van der Waals surface area contributed by atoms with Crippen molar-refractivity contribution in [2.75, 3.05) is 0 Å². The number of rotatable bonds is 24. The molecule has 0 aliphatic rings. The van der Waals surface area contributed by atoms with E-state index in [1.54, 1.807) is 0 Å². The first kappa shape index (κ1) is 65.7. The van der Waals surface area contributed by atoms with Crippen molar-refractivity contribution in [2.24, 2.45) is 0 Å². The molecule has 43 heteroatoms. The van der Waals surface area contributed by atoms with Crippen LogP contribution in [0.15, 0.2) is 16.8 Å². The van der Waals surface area contributed by atoms with E-state index < -0.39 is 165 Å². The summed E-state index contributed by atoms with van der Waals surface area (Å²) in [5, 5.41) is 2.65. The van der Waals surface area contributed by atoms with Gasteiger partial charge in [-0.1, -0.05) is 5.16 Å². The normalized spacial score (nSPS) is 16.5. The fourth-order valence-electron chi connectivity index (χ4n) is 5.16. The molecule has 1 aromatic heterocycles. The Bertz CT molecular complexity index is 1750. The molecule has 422 valence electrons. The zero-order chi connectivity index (χ0) is 57.6. The molecule has 0 aliphatic carbocycles. The molecule has 0 spiro atoms. The summed E-state index contributed by atoms with van der Waals surface area (Å²) in [5.74, 6) is -130. The molecular weight excluding hydrogens is 1150 g/mol. The molecule has 0 fully saturated rings. The number of aromatic nitrogens is 1. The summed E-state index contributed by atoms with van der Waals surface area (Å²) >= 11 is 0. The van der Waals surface area contributed by atoms with Crippen molar-refractivity contribution in [1.82, 2.24) is 5.16 Å². The van der Waals surface area contributed by atoms with E-state index in [2.05, 4.69) is 14.1 Å². The Labute approximate surface area is 364 Å². The molecule has 0 radical (unpaired) electrons. The fourth-order valence-corrected chi connectivity index (χ4v) is 9.10. The van der Waals surface area contributed by atoms with Crippen LogP contribution in [0.4, 0.5) is 171 Å². The minimum Gasteiger partial charge on any atom is -0.409 e. The maximum absolute atomic E-state index is 14.9. The zero-order valence-electron chi connectivity index (χ0n) is 32.1. The molecule has 1 heterocycles. The Morgan fingerprint density at radius 1 is 0.324 bits per heavy atom. The van der Waals surface area contributed by atoms with Gasteiger partial charge in [-0.2, -0.15) is 171 Å².